The number of pyridine rings is 1. The molecule has 0 fully saturated rings. The number of benzene rings is 2. The number of rotatable bonds is 8. The molecule has 1 atom stereocenters. The molecule has 0 saturated heterocycles. The van der Waals surface area contributed by atoms with E-state index in [0.29, 0.717) is 13.2 Å². The summed E-state index contributed by atoms with van der Waals surface area (Å²) < 4.78 is 7.87. The van der Waals surface area contributed by atoms with Crippen molar-refractivity contribution >= 4 is 21.5 Å². The second-order valence-corrected chi connectivity index (χ2v) is 8.13. The van der Waals surface area contributed by atoms with Crippen LogP contribution in [0.4, 0.5) is 0 Å². The summed E-state index contributed by atoms with van der Waals surface area (Å²) in [6.45, 7) is 7.54. The predicted molar refractivity (Wildman–Crippen MR) is 123 cm³/mol. The molecule has 0 N–H and O–H groups in total. The molecule has 1 aromatic heterocycles. The fourth-order valence-corrected chi connectivity index (χ4v) is 3.81. The first-order valence-electron chi connectivity index (χ1n) is 9.68. The monoisotopic (exact) mass is 451 g/mol. The van der Waals surface area contributed by atoms with Gasteiger partial charge in [-0.15, -0.1) is 0 Å². The van der Waals surface area contributed by atoms with Gasteiger partial charge in [-0.1, -0.05) is 58.9 Å². The van der Waals surface area contributed by atoms with Gasteiger partial charge in [0.2, 0.25) is 0 Å². The van der Waals surface area contributed by atoms with Crippen molar-refractivity contribution in [2.75, 3.05) is 13.7 Å². The topological polar surface area (TPSA) is 31.2 Å². The highest BCUT2D eigenvalue weighted by molar-refractivity contribution is 9.10. The van der Waals surface area contributed by atoms with Gasteiger partial charge in [0.1, 0.15) is 0 Å². The van der Waals surface area contributed by atoms with E-state index in [9.17, 15) is 4.79 Å². The number of aryl methyl sites for hydroxylation is 1. The largest absolute Gasteiger partial charge is 0.383 e. The Morgan fingerprint density at radius 1 is 1.10 bits per heavy atom. The molecule has 0 radical (unpaired) electrons. The highest BCUT2D eigenvalue weighted by atomic mass is 79.9. The Morgan fingerprint density at radius 2 is 1.83 bits per heavy atom. The quantitative estimate of drug-likeness (QED) is 0.433. The summed E-state index contributed by atoms with van der Waals surface area (Å²) in [4.78, 5) is 12.1. The van der Waals surface area contributed by atoms with Crippen molar-refractivity contribution in [3.8, 4) is 0 Å². The Labute approximate surface area is 180 Å². The van der Waals surface area contributed by atoms with Crippen molar-refractivity contribution in [2.24, 2.45) is 0 Å². The van der Waals surface area contributed by atoms with Crippen LogP contribution in [0.3, 0.4) is 0 Å². The lowest BCUT2D eigenvalue weighted by atomic mass is 9.83. The third kappa shape index (κ3) is 5.34. The molecule has 29 heavy (non-hydrogen) atoms. The molecule has 3 rings (SSSR count). The molecule has 0 bridgehead atoms. The minimum atomic E-state index is -0.0260. The molecule has 0 aliphatic heterocycles. The van der Waals surface area contributed by atoms with E-state index in [-0.39, 0.29) is 11.5 Å². The lowest BCUT2D eigenvalue weighted by Gasteiger charge is -2.22. The van der Waals surface area contributed by atoms with E-state index >= 15 is 0 Å². The third-order valence-corrected chi connectivity index (χ3v) is 5.74. The van der Waals surface area contributed by atoms with E-state index in [1.807, 2.05) is 12.3 Å². The van der Waals surface area contributed by atoms with Crippen LogP contribution in [0.5, 0.6) is 0 Å². The molecule has 150 valence electrons. The smallest absolute Gasteiger partial charge is 0.250 e. The van der Waals surface area contributed by atoms with Crippen LogP contribution in [0, 0.1) is 6.92 Å². The first kappa shape index (κ1) is 21.3. The van der Waals surface area contributed by atoms with E-state index in [4.69, 9.17) is 4.74 Å². The summed E-state index contributed by atoms with van der Waals surface area (Å²) >= 11 is 3.53. The number of hydrogen-bond donors (Lipinski definition) is 0. The Hall–Kier alpha value is -2.43. The summed E-state index contributed by atoms with van der Waals surface area (Å²) in [5, 5.41) is 0. The molecule has 3 nitrogen and oxygen atoms in total. The van der Waals surface area contributed by atoms with Gasteiger partial charge in [-0.2, -0.15) is 0 Å². The number of hydrogen-bond acceptors (Lipinski definition) is 2. The Kier molecular flexibility index (Phi) is 7.24. The number of methoxy groups -OCH3 is 1. The molecule has 1 heterocycles. The SMILES string of the molecule is C=C(CC(c1ccc(Br)cc1)c1ccccc1C)c1ccc(=O)n(CCOC)c1. The van der Waals surface area contributed by atoms with Gasteiger partial charge in [-0.3, -0.25) is 4.79 Å². The number of halogens is 1. The molecule has 4 heteroatoms. The van der Waals surface area contributed by atoms with Crippen LogP contribution in [-0.4, -0.2) is 18.3 Å². The Bertz CT molecular complexity index is 1040. The number of ether oxygens (including phenoxy) is 1. The van der Waals surface area contributed by atoms with Gasteiger partial charge in [0.25, 0.3) is 5.56 Å². The molecule has 0 aliphatic rings. The van der Waals surface area contributed by atoms with Crippen LogP contribution in [-0.2, 0) is 11.3 Å². The molecular weight excluding hydrogens is 426 g/mol. The van der Waals surface area contributed by atoms with E-state index in [1.165, 1.54) is 16.7 Å². The molecular formula is C25H26BrNO2. The normalized spacial score (nSPS) is 12.0. The van der Waals surface area contributed by atoms with Crippen LogP contribution in [0.25, 0.3) is 5.57 Å². The number of nitrogens with zero attached hydrogens (tertiary/aromatic N) is 1. The maximum absolute atomic E-state index is 12.1. The zero-order valence-electron chi connectivity index (χ0n) is 16.9. The molecule has 2 aromatic carbocycles. The van der Waals surface area contributed by atoms with Crippen LogP contribution in [0.15, 0.2) is 82.7 Å². The van der Waals surface area contributed by atoms with Crippen LogP contribution in [0.2, 0.25) is 0 Å². The van der Waals surface area contributed by atoms with Crippen molar-refractivity contribution < 1.29 is 4.74 Å². The van der Waals surface area contributed by atoms with Crippen molar-refractivity contribution in [3.63, 3.8) is 0 Å². The molecule has 1 unspecified atom stereocenters. The molecule has 0 amide bonds. The second-order valence-electron chi connectivity index (χ2n) is 7.21. The third-order valence-electron chi connectivity index (χ3n) is 5.21. The van der Waals surface area contributed by atoms with E-state index in [1.54, 1.807) is 17.7 Å². The standard InChI is InChI=1S/C25H26BrNO2/c1-18-6-4-5-7-23(18)24(20-8-11-22(26)12-9-20)16-19(2)21-10-13-25(28)27(17-21)14-15-29-3/h4-13,17,24H,2,14-16H2,1,3H3. The average Bonchev–Trinajstić information content (AvgIpc) is 2.72. The van der Waals surface area contributed by atoms with Gasteiger partial charge in [-0.05, 0) is 59.4 Å². The van der Waals surface area contributed by atoms with Crippen LogP contribution in [0.1, 0.15) is 34.6 Å². The van der Waals surface area contributed by atoms with E-state index in [0.717, 1.165) is 22.0 Å². The first-order chi connectivity index (χ1) is 14.0. The van der Waals surface area contributed by atoms with Crippen molar-refractivity contribution in [1.82, 2.24) is 4.57 Å². The highest BCUT2D eigenvalue weighted by Crippen LogP contribution is 2.35. The van der Waals surface area contributed by atoms with Crippen molar-refractivity contribution in [1.29, 1.82) is 0 Å². The maximum atomic E-state index is 12.1. The van der Waals surface area contributed by atoms with Crippen LogP contribution >= 0.6 is 15.9 Å². The molecule has 3 aromatic rings. The zero-order chi connectivity index (χ0) is 20.8. The minimum Gasteiger partial charge on any atom is -0.383 e. The van der Waals surface area contributed by atoms with E-state index < -0.39 is 0 Å². The molecule has 0 saturated carbocycles. The second kappa shape index (κ2) is 9.86. The van der Waals surface area contributed by atoms with Gasteiger partial charge < -0.3 is 9.30 Å². The summed E-state index contributed by atoms with van der Waals surface area (Å²) in [5.41, 5.74) is 5.77. The summed E-state index contributed by atoms with van der Waals surface area (Å²) in [7, 11) is 1.64. The molecule has 0 aliphatic carbocycles. The lowest BCUT2D eigenvalue weighted by molar-refractivity contribution is 0.186. The first-order valence-corrected chi connectivity index (χ1v) is 10.5. The number of allylic oxidation sites excluding steroid dienone is 1. The van der Waals surface area contributed by atoms with Gasteiger partial charge in [0, 0.05) is 36.3 Å². The maximum Gasteiger partial charge on any atom is 0.250 e. The fourth-order valence-electron chi connectivity index (χ4n) is 3.55. The average molecular weight is 452 g/mol. The Morgan fingerprint density at radius 3 is 2.52 bits per heavy atom. The minimum absolute atomic E-state index is 0.0260. The van der Waals surface area contributed by atoms with Crippen molar-refractivity contribution in [3.05, 3.63) is 111 Å². The number of aromatic nitrogens is 1. The van der Waals surface area contributed by atoms with Gasteiger partial charge >= 0.3 is 0 Å². The van der Waals surface area contributed by atoms with Gasteiger partial charge in [0.15, 0.2) is 0 Å². The zero-order valence-corrected chi connectivity index (χ0v) is 18.5. The summed E-state index contributed by atoms with van der Waals surface area (Å²) in [6.07, 6.45) is 2.66. The lowest BCUT2D eigenvalue weighted by Crippen LogP contribution is -2.21. The van der Waals surface area contributed by atoms with Gasteiger partial charge in [0.05, 0.1) is 6.61 Å². The van der Waals surface area contributed by atoms with Crippen molar-refractivity contribution in [2.45, 2.75) is 25.8 Å². The van der Waals surface area contributed by atoms with Crippen LogP contribution < -0.4 is 5.56 Å². The van der Waals surface area contributed by atoms with E-state index in [2.05, 4.69) is 78.0 Å². The van der Waals surface area contributed by atoms with Gasteiger partial charge in [-0.25, -0.2) is 0 Å². The molecule has 0 spiro atoms. The summed E-state index contributed by atoms with van der Waals surface area (Å²) in [6, 6.07) is 20.4. The highest BCUT2D eigenvalue weighted by Gasteiger charge is 2.18. The summed E-state index contributed by atoms with van der Waals surface area (Å²) in [5.74, 6) is 0.191. The predicted octanol–water partition coefficient (Wildman–Crippen LogP) is 5.80. The fraction of sp³-hybridized carbons (Fsp3) is 0.240. The Balaban J connectivity index is 1.94.